The average molecular weight is 576 g/mol. The van der Waals surface area contributed by atoms with Gasteiger partial charge in [-0.15, -0.1) is 5.10 Å². The molecule has 1 fully saturated rings. The van der Waals surface area contributed by atoms with E-state index in [1.165, 1.54) is 16.3 Å². The van der Waals surface area contributed by atoms with Crippen LogP contribution in [-0.2, 0) is 31.4 Å². The van der Waals surface area contributed by atoms with Gasteiger partial charge in [-0.3, -0.25) is 9.13 Å². The van der Waals surface area contributed by atoms with Crippen molar-refractivity contribution in [2.24, 2.45) is 0 Å². The van der Waals surface area contributed by atoms with Gasteiger partial charge < -0.3 is 39.1 Å². The molecular formula is C20H24ClN5O9P2. The summed E-state index contributed by atoms with van der Waals surface area (Å²) in [6.07, 6.45) is -3.28. The Balaban J connectivity index is 1.38. The van der Waals surface area contributed by atoms with Crippen LogP contribution in [0.2, 0.25) is 5.28 Å². The van der Waals surface area contributed by atoms with Gasteiger partial charge in [0.05, 0.1) is 18.5 Å². The van der Waals surface area contributed by atoms with Crippen LogP contribution in [0.4, 0.5) is 5.82 Å². The summed E-state index contributed by atoms with van der Waals surface area (Å²) in [6, 6.07) is 8.07. The minimum atomic E-state index is -4.83. The molecule has 0 bridgehead atoms. The normalized spacial score (nSPS) is 25.8. The highest BCUT2D eigenvalue weighted by atomic mass is 35.5. The van der Waals surface area contributed by atoms with Crippen LogP contribution in [0.5, 0.6) is 0 Å². The van der Waals surface area contributed by atoms with Crippen LogP contribution in [0.1, 0.15) is 22.9 Å². The zero-order chi connectivity index (χ0) is 26.5. The van der Waals surface area contributed by atoms with Crippen LogP contribution in [0, 0.1) is 0 Å². The first-order valence-electron chi connectivity index (χ1n) is 11.2. The highest BCUT2D eigenvalue weighted by molar-refractivity contribution is 7.70. The molecule has 200 valence electrons. The van der Waals surface area contributed by atoms with Crippen molar-refractivity contribution in [1.82, 2.24) is 19.6 Å². The number of ether oxygens (including phenoxy) is 1. The van der Waals surface area contributed by atoms with E-state index in [0.717, 1.165) is 12.0 Å². The molecule has 0 saturated carbocycles. The summed E-state index contributed by atoms with van der Waals surface area (Å²) in [5, 5.41) is 25.2. The molecule has 2 aliphatic rings. The fourth-order valence-corrected chi connectivity index (χ4v) is 7.26. The van der Waals surface area contributed by atoms with E-state index in [-0.39, 0.29) is 11.0 Å². The number of hydrogen-bond acceptors (Lipinski definition) is 10. The SMILES string of the molecule is O=P(O)(O)CP(=O)(O)OCC1OC(c2cnc3c(N4CCc5ccccc5C4)nc(Cl)nn23)C(O)C1O. The number of aliphatic hydroxyl groups excluding tert-OH is 2. The largest absolute Gasteiger partial charge is 0.387 e. The number of benzene rings is 1. The van der Waals surface area contributed by atoms with Gasteiger partial charge in [-0.05, 0) is 29.1 Å². The van der Waals surface area contributed by atoms with E-state index in [0.29, 0.717) is 24.6 Å². The van der Waals surface area contributed by atoms with Gasteiger partial charge in [0.15, 0.2) is 17.4 Å². The molecule has 0 aliphatic carbocycles. The molecule has 2 aromatic heterocycles. The highest BCUT2D eigenvalue weighted by Crippen LogP contribution is 2.55. The van der Waals surface area contributed by atoms with Gasteiger partial charge in [0, 0.05) is 13.1 Å². The van der Waals surface area contributed by atoms with Gasteiger partial charge in [0.25, 0.3) is 0 Å². The van der Waals surface area contributed by atoms with Crippen LogP contribution in [0.15, 0.2) is 30.5 Å². The lowest BCUT2D eigenvalue weighted by Gasteiger charge is -2.29. The number of aromatic nitrogens is 4. The van der Waals surface area contributed by atoms with Crippen LogP contribution in [-0.4, -0.2) is 81.8 Å². The van der Waals surface area contributed by atoms with Gasteiger partial charge in [-0.2, -0.15) is 4.98 Å². The third-order valence-corrected chi connectivity index (χ3v) is 9.85. The maximum atomic E-state index is 12.0. The summed E-state index contributed by atoms with van der Waals surface area (Å²) >= 11 is 6.23. The smallest absolute Gasteiger partial charge is 0.340 e. The summed E-state index contributed by atoms with van der Waals surface area (Å²) < 4.78 is 34.8. The summed E-state index contributed by atoms with van der Waals surface area (Å²) in [5.74, 6) is -0.909. The van der Waals surface area contributed by atoms with Crippen molar-refractivity contribution in [2.45, 2.75) is 37.4 Å². The second-order valence-electron chi connectivity index (χ2n) is 8.88. The molecule has 3 aromatic rings. The number of aliphatic hydroxyl groups is 2. The molecule has 5 rings (SSSR count). The zero-order valence-electron chi connectivity index (χ0n) is 19.1. The molecule has 4 heterocycles. The molecule has 0 amide bonds. The van der Waals surface area contributed by atoms with E-state index in [1.807, 2.05) is 23.1 Å². The maximum Gasteiger partial charge on any atom is 0.340 e. The molecule has 17 heteroatoms. The van der Waals surface area contributed by atoms with Gasteiger partial charge in [-0.25, -0.2) is 9.50 Å². The van der Waals surface area contributed by atoms with Crippen molar-refractivity contribution in [3.8, 4) is 0 Å². The second-order valence-corrected chi connectivity index (χ2v) is 13.2. The molecule has 14 nitrogen and oxygen atoms in total. The van der Waals surface area contributed by atoms with E-state index in [4.69, 9.17) is 30.6 Å². The Morgan fingerprint density at radius 3 is 2.59 bits per heavy atom. The van der Waals surface area contributed by atoms with E-state index in [9.17, 15) is 24.2 Å². The van der Waals surface area contributed by atoms with Crippen molar-refractivity contribution in [3.05, 3.63) is 52.6 Å². The third kappa shape index (κ3) is 5.59. The van der Waals surface area contributed by atoms with Crippen LogP contribution >= 0.6 is 26.8 Å². The van der Waals surface area contributed by atoms with Crippen molar-refractivity contribution in [2.75, 3.05) is 24.0 Å². The Kier molecular flexibility index (Phi) is 7.18. The van der Waals surface area contributed by atoms with Crippen LogP contribution in [0.25, 0.3) is 5.65 Å². The summed E-state index contributed by atoms with van der Waals surface area (Å²) in [7, 11) is -9.51. The van der Waals surface area contributed by atoms with Gasteiger partial charge in [0.1, 0.15) is 24.4 Å². The van der Waals surface area contributed by atoms with Crippen LogP contribution in [0.3, 0.4) is 0 Å². The molecule has 37 heavy (non-hydrogen) atoms. The first-order chi connectivity index (χ1) is 17.4. The number of anilines is 1. The Morgan fingerprint density at radius 1 is 1.14 bits per heavy atom. The van der Waals surface area contributed by atoms with Crippen molar-refractivity contribution >= 4 is 38.3 Å². The quantitative estimate of drug-likeness (QED) is 0.248. The predicted octanol–water partition coefficient (Wildman–Crippen LogP) is 0.839. The topological polar surface area (TPSA) is 200 Å². The second kappa shape index (κ2) is 9.97. The first kappa shape index (κ1) is 26.6. The molecule has 2 aliphatic heterocycles. The minimum absolute atomic E-state index is 0.0767. The van der Waals surface area contributed by atoms with E-state index >= 15 is 0 Å². The Morgan fingerprint density at radius 2 is 1.86 bits per heavy atom. The molecule has 5 atom stereocenters. The lowest BCUT2D eigenvalue weighted by Crippen LogP contribution is -2.33. The predicted molar refractivity (Wildman–Crippen MR) is 129 cm³/mol. The third-order valence-electron chi connectivity index (χ3n) is 6.23. The molecular weight excluding hydrogens is 552 g/mol. The number of rotatable bonds is 7. The number of fused-ring (bicyclic) bond motifs is 2. The van der Waals surface area contributed by atoms with Crippen molar-refractivity contribution in [3.63, 3.8) is 0 Å². The standard InChI is InChI=1S/C20H24ClN5O9P2/c21-20-23-19(25-6-5-11-3-1-2-4-12(11)8-25)18-22-7-13(26(18)24-20)17-16(28)15(27)14(35-17)9-34-37(32,33)10-36(29,30)31/h1-4,7,14-17,27-28H,5-6,8-10H2,(H,32,33)(H2,29,30,31). The molecule has 5 N–H and O–H groups in total. The summed E-state index contributed by atoms with van der Waals surface area (Å²) in [4.78, 5) is 38.4. The molecule has 0 radical (unpaired) electrons. The lowest BCUT2D eigenvalue weighted by molar-refractivity contribution is -0.0204. The van der Waals surface area contributed by atoms with E-state index in [2.05, 4.69) is 21.1 Å². The molecule has 5 unspecified atom stereocenters. The number of halogens is 1. The van der Waals surface area contributed by atoms with E-state index < -0.39 is 52.1 Å². The zero-order valence-corrected chi connectivity index (χ0v) is 21.7. The van der Waals surface area contributed by atoms with E-state index in [1.54, 1.807) is 0 Å². The maximum absolute atomic E-state index is 12.0. The first-order valence-corrected chi connectivity index (χ1v) is 15.1. The molecule has 0 spiro atoms. The monoisotopic (exact) mass is 575 g/mol. The highest BCUT2D eigenvalue weighted by Gasteiger charge is 2.46. The summed E-state index contributed by atoms with van der Waals surface area (Å²) in [6.45, 7) is 0.546. The fourth-order valence-electron chi connectivity index (χ4n) is 4.54. The average Bonchev–Trinajstić information content (AvgIpc) is 3.36. The van der Waals surface area contributed by atoms with Gasteiger partial charge in [-0.1, -0.05) is 24.3 Å². The van der Waals surface area contributed by atoms with Crippen LogP contribution < -0.4 is 4.90 Å². The Labute approximate surface area is 215 Å². The van der Waals surface area contributed by atoms with Gasteiger partial charge in [0.2, 0.25) is 5.28 Å². The number of nitrogens with zero attached hydrogens (tertiary/aromatic N) is 5. The molecule has 1 saturated heterocycles. The fraction of sp³-hybridized carbons (Fsp3) is 0.450. The Hall–Kier alpha value is -1.96. The Bertz CT molecular complexity index is 1420. The van der Waals surface area contributed by atoms with Crippen molar-refractivity contribution < 1.29 is 43.3 Å². The van der Waals surface area contributed by atoms with Gasteiger partial charge >= 0.3 is 15.2 Å². The molecule has 1 aromatic carbocycles. The number of hydrogen-bond donors (Lipinski definition) is 5. The number of imidazole rings is 1. The minimum Gasteiger partial charge on any atom is -0.387 e. The van der Waals surface area contributed by atoms with Crippen molar-refractivity contribution in [1.29, 1.82) is 0 Å². The summed E-state index contributed by atoms with van der Waals surface area (Å²) in [5.41, 5.74) is 2.99. The lowest BCUT2D eigenvalue weighted by atomic mass is 10.00.